The molecule has 20 heavy (non-hydrogen) atoms. The van der Waals surface area contributed by atoms with E-state index in [1.54, 1.807) is 0 Å². The van der Waals surface area contributed by atoms with Crippen LogP contribution in [0.15, 0.2) is 0 Å². The van der Waals surface area contributed by atoms with Gasteiger partial charge < -0.3 is 10.5 Å². The van der Waals surface area contributed by atoms with Gasteiger partial charge in [-0.25, -0.2) is 0 Å². The van der Waals surface area contributed by atoms with E-state index in [1.807, 2.05) is 0 Å². The molecule has 1 aliphatic rings. The van der Waals surface area contributed by atoms with E-state index in [0.29, 0.717) is 18.7 Å². The third kappa shape index (κ3) is 3.67. The van der Waals surface area contributed by atoms with Gasteiger partial charge in [-0.15, -0.1) is 17.5 Å². The van der Waals surface area contributed by atoms with Crippen LogP contribution < -0.4 is 11.1 Å². The number of hydrogen-bond acceptors (Lipinski definition) is 6. The normalized spacial score (nSPS) is 16.3. The van der Waals surface area contributed by atoms with Gasteiger partial charge in [0.25, 0.3) is 0 Å². The maximum atomic E-state index is 12.0. The molecule has 1 aromatic rings. The van der Waals surface area contributed by atoms with Gasteiger partial charge in [-0.1, -0.05) is 12.8 Å². The average Bonchev–Trinajstić information content (AvgIpc) is 2.99. The van der Waals surface area contributed by atoms with Crippen LogP contribution in [0.1, 0.15) is 31.5 Å². The number of amides is 1. The topological polar surface area (TPSA) is 123 Å². The molecule has 0 aliphatic heterocycles. The van der Waals surface area contributed by atoms with Crippen LogP contribution in [-0.4, -0.2) is 39.7 Å². The van der Waals surface area contributed by atoms with Crippen molar-refractivity contribution in [2.75, 3.05) is 12.4 Å². The van der Waals surface area contributed by atoms with E-state index in [4.69, 9.17) is 5.73 Å². The first kappa shape index (κ1) is 16.4. The van der Waals surface area contributed by atoms with Crippen molar-refractivity contribution < 1.29 is 14.3 Å². The molecule has 8 nitrogen and oxygen atoms in total. The van der Waals surface area contributed by atoms with Crippen LogP contribution in [0.4, 0.5) is 5.95 Å². The van der Waals surface area contributed by atoms with Gasteiger partial charge in [0.05, 0.1) is 12.6 Å². The molecule has 0 spiro atoms. The van der Waals surface area contributed by atoms with E-state index in [9.17, 15) is 9.59 Å². The Morgan fingerprint density at radius 3 is 2.70 bits per heavy atom. The van der Waals surface area contributed by atoms with Crippen LogP contribution in [0.3, 0.4) is 0 Å². The molecule has 112 valence electrons. The fourth-order valence-corrected chi connectivity index (χ4v) is 2.10. The number of aromatic amines is 1. The summed E-state index contributed by atoms with van der Waals surface area (Å²) in [6.45, 7) is 0. The van der Waals surface area contributed by atoms with Crippen molar-refractivity contribution in [3.8, 4) is 0 Å². The summed E-state index contributed by atoms with van der Waals surface area (Å²) in [5.41, 5.74) is 5.18. The smallest absolute Gasteiger partial charge is 0.313 e. The highest BCUT2D eigenvalue weighted by molar-refractivity contribution is 5.96. The number of esters is 1. The van der Waals surface area contributed by atoms with Crippen molar-refractivity contribution in [2.24, 2.45) is 5.73 Å². The van der Waals surface area contributed by atoms with Gasteiger partial charge in [-0.3, -0.25) is 20.0 Å². The third-order valence-electron chi connectivity index (χ3n) is 3.24. The van der Waals surface area contributed by atoms with Crippen molar-refractivity contribution >= 4 is 30.2 Å². The van der Waals surface area contributed by atoms with Gasteiger partial charge in [0.15, 0.2) is 0 Å². The zero-order chi connectivity index (χ0) is 13.9. The number of ether oxygens (including phenoxy) is 1. The monoisotopic (exact) mass is 303 g/mol. The Labute approximate surface area is 122 Å². The van der Waals surface area contributed by atoms with E-state index in [2.05, 4.69) is 25.2 Å². The predicted molar refractivity (Wildman–Crippen MR) is 73.4 cm³/mol. The first-order chi connectivity index (χ1) is 9.03. The number of carbonyl (C=O) groups excluding carboxylic acids is 2. The SMILES string of the molecule is COC(=O)Cc1nc(NC(=O)C2(N)CCCC2)n[nH]1.Cl. The number of nitrogens with two attached hydrogens (primary N) is 1. The van der Waals surface area contributed by atoms with Crippen molar-refractivity contribution in [1.82, 2.24) is 15.2 Å². The van der Waals surface area contributed by atoms with Gasteiger partial charge in [-0.05, 0) is 12.8 Å². The quantitative estimate of drug-likeness (QED) is 0.680. The molecule has 0 atom stereocenters. The lowest BCUT2D eigenvalue weighted by Gasteiger charge is -2.20. The Morgan fingerprint density at radius 1 is 1.45 bits per heavy atom. The average molecular weight is 304 g/mol. The molecule has 0 radical (unpaired) electrons. The maximum absolute atomic E-state index is 12.0. The number of carbonyl (C=O) groups is 2. The largest absolute Gasteiger partial charge is 0.469 e. The summed E-state index contributed by atoms with van der Waals surface area (Å²) in [5.74, 6) is -0.256. The fraction of sp³-hybridized carbons (Fsp3) is 0.636. The summed E-state index contributed by atoms with van der Waals surface area (Å²) in [5, 5.41) is 8.94. The number of rotatable bonds is 4. The van der Waals surface area contributed by atoms with Crippen LogP contribution in [0.25, 0.3) is 0 Å². The number of nitrogens with one attached hydrogen (secondary N) is 2. The van der Waals surface area contributed by atoms with Crippen molar-refractivity contribution in [3.63, 3.8) is 0 Å². The number of hydrogen-bond donors (Lipinski definition) is 3. The van der Waals surface area contributed by atoms with E-state index in [-0.39, 0.29) is 30.7 Å². The summed E-state index contributed by atoms with van der Waals surface area (Å²) in [6, 6.07) is 0. The summed E-state index contributed by atoms with van der Waals surface area (Å²) in [6.07, 6.45) is 3.21. The highest BCUT2D eigenvalue weighted by Gasteiger charge is 2.37. The van der Waals surface area contributed by atoms with Gasteiger partial charge in [-0.2, -0.15) is 4.98 Å². The molecule has 0 unspecified atom stereocenters. The molecular weight excluding hydrogens is 286 g/mol. The summed E-state index contributed by atoms with van der Waals surface area (Å²) < 4.78 is 4.51. The Hall–Kier alpha value is -1.67. The van der Waals surface area contributed by atoms with Gasteiger partial charge in [0, 0.05) is 0 Å². The number of nitrogens with zero attached hydrogens (tertiary/aromatic N) is 2. The molecule has 0 bridgehead atoms. The minimum Gasteiger partial charge on any atom is -0.469 e. The highest BCUT2D eigenvalue weighted by atomic mass is 35.5. The van der Waals surface area contributed by atoms with E-state index in [0.717, 1.165) is 12.8 Å². The van der Waals surface area contributed by atoms with Crippen molar-refractivity contribution in [1.29, 1.82) is 0 Å². The third-order valence-corrected chi connectivity index (χ3v) is 3.24. The second-order valence-electron chi connectivity index (χ2n) is 4.68. The Kier molecular flexibility index (Phi) is 5.46. The maximum Gasteiger partial charge on any atom is 0.313 e. The Balaban J connectivity index is 0.00000200. The zero-order valence-electron chi connectivity index (χ0n) is 11.1. The fourth-order valence-electron chi connectivity index (χ4n) is 2.10. The van der Waals surface area contributed by atoms with Crippen LogP contribution in [0.5, 0.6) is 0 Å². The van der Waals surface area contributed by atoms with E-state index < -0.39 is 11.5 Å². The Morgan fingerprint density at radius 2 is 2.10 bits per heavy atom. The lowest BCUT2D eigenvalue weighted by Crippen LogP contribution is -2.48. The lowest BCUT2D eigenvalue weighted by atomic mass is 9.98. The minimum atomic E-state index is -0.830. The number of methoxy groups -OCH3 is 1. The standard InChI is InChI=1S/C11H17N5O3.ClH/c1-19-8(17)6-7-13-10(16-15-7)14-9(18)11(12)4-2-3-5-11;/h2-6,12H2,1H3,(H2,13,14,15,16,18);1H. The molecule has 4 N–H and O–H groups in total. The molecular formula is C11H18ClN5O3. The van der Waals surface area contributed by atoms with E-state index >= 15 is 0 Å². The number of anilines is 1. The second-order valence-corrected chi connectivity index (χ2v) is 4.68. The first-order valence-electron chi connectivity index (χ1n) is 6.12. The highest BCUT2D eigenvalue weighted by Crippen LogP contribution is 2.27. The first-order valence-corrected chi connectivity index (χ1v) is 6.12. The van der Waals surface area contributed by atoms with Crippen LogP contribution >= 0.6 is 12.4 Å². The number of halogens is 1. The predicted octanol–water partition coefficient (Wildman–Crippen LogP) is 0.152. The van der Waals surface area contributed by atoms with Gasteiger partial charge in [0.2, 0.25) is 11.9 Å². The number of H-pyrrole nitrogens is 1. The molecule has 0 aromatic carbocycles. The molecule has 9 heteroatoms. The van der Waals surface area contributed by atoms with Gasteiger partial charge >= 0.3 is 5.97 Å². The lowest BCUT2D eigenvalue weighted by molar-refractivity contribution is -0.139. The molecule has 0 saturated heterocycles. The molecule has 1 saturated carbocycles. The zero-order valence-corrected chi connectivity index (χ0v) is 12.0. The van der Waals surface area contributed by atoms with Gasteiger partial charge in [0.1, 0.15) is 12.2 Å². The summed E-state index contributed by atoms with van der Waals surface area (Å²) >= 11 is 0. The molecule has 2 rings (SSSR count). The molecule has 1 fully saturated rings. The van der Waals surface area contributed by atoms with Crippen molar-refractivity contribution in [3.05, 3.63) is 5.82 Å². The molecule has 1 aliphatic carbocycles. The summed E-state index contributed by atoms with van der Waals surface area (Å²) in [7, 11) is 1.29. The van der Waals surface area contributed by atoms with E-state index in [1.165, 1.54) is 7.11 Å². The second kappa shape index (κ2) is 6.67. The molecule has 1 heterocycles. The van der Waals surface area contributed by atoms with Crippen LogP contribution in [0.2, 0.25) is 0 Å². The summed E-state index contributed by atoms with van der Waals surface area (Å²) in [4.78, 5) is 27.0. The Bertz CT molecular complexity index is 484. The molecule has 1 aromatic heterocycles. The molecule has 1 amide bonds. The van der Waals surface area contributed by atoms with Crippen molar-refractivity contribution in [2.45, 2.75) is 37.6 Å². The number of aromatic nitrogens is 3. The van der Waals surface area contributed by atoms with Crippen LogP contribution in [0, 0.1) is 0 Å². The minimum absolute atomic E-state index is 0. The van der Waals surface area contributed by atoms with Crippen LogP contribution in [-0.2, 0) is 20.7 Å².